The zero-order chi connectivity index (χ0) is 17.9. The number of likely N-dealkylation sites (tertiary alicyclic amines) is 2. The maximum atomic E-state index is 12.6. The standard InChI is InChI=1S/C17H26N4O3S/c18-16-19-13(10-25-16)2-3-14(23)20-7-1-5-17(11-20)6-4-15(24)21(12-17)8-9-22/h10,22H,1-9,11-12H2,(H2,18,19). The smallest absolute Gasteiger partial charge is 0.222 e. The van der Waals surface area contributed by atoms with Crippen LogP contribution < -0.4 is 5.73 Å². The monoisotopic (exact) mass is 366 g/mol. The highest BCUT2D eigenvalue weighted by Gasteiger charge is 2.42. The van der Waals surface area contributed by atoms with Crippen molar-refractivity contribution in [3.8, 4) is 0 Å². The first-order valence-corrected chi connectivity index (χ1v) is 9.76. The molecule has 1 atom stereocenters. The molecule has 1 spiro atoms. The first-order chi connectivity index (χ1) is 12.0. The van der Waals surface area contributed by atoms with Crippen molar-refractivity contribution in [1.29, 1.82) is 0 Å². The molecule has 7 nitrogen and oxygen atoms in total. The van der Waals surface area contributed by atoms with E-state index in [1.165, 1.54) is 11.3 Å². The van der Waals surface area contributed by atoms with E-state index < -0.39 is 0 Å². The first kappa shape index (κ1) is 18.1. The third-order valence-corrected chi connectivity index (χ3v) is 6.02. The van der Waals surface area contributed by atoms with Crippen molar-refractivity contribution in [2.24, 2.45) is 5.41 Å². The van der Waals surface area contributed by atoms with Gasteiger partial charge in [0.25, 0.3) is 0 Å². The van der Waals surface area contributed by atoms with Crippen LogP contribution in [0.1, 0.15) is 37.8 Å². The van der Waals surface area contributed by atoms with Gasteiger partial charge < -0.3 is 20.6 Å². The van der Waals surface area contributed by atoms with Crippen molar-refractivity contribution in [2.75, 3.05) is 38.5 Å². The minimum Gasteiger partial charge on any atom is -0.395 e. The Kier molecular flexibility index (Phi) is 5.58. The number of aliphatic hydroxyl groups is 1. The van der Waals surface area contributed by atoms with Crippen LogP contribution in [0, 0.1) is 5.41 Å². The quantitative estimate of drug-likeness (QED) is 0.806. The molecule has 3 N–H and O–H groups in total. The van der Waals surface area contributed by atoms with Gasteiger partial charge in [0.2, 0.25) is 11.8 Å². The molecule has 0 bridgehead atoms. The number of amides is 2. The Labute approximate surface area is 151 Å². The van der Waals surface area contributed by atoms with E-state index in [2.05, 4.69) is 4.98 Å². The summed E-state index contributed by atoms with van der Waals surface area (Å²) >= 11 is 1.40. The van der Waals surface area contributed by atoms with Gasteiger partial charge in [-0.05, 0) is 25.7 Å². The lowest BCUT2D eigenvalue weighted by Crippen LogP contribution is -2.55. The van der Waals surface area contributed by atoms with Gasteiger partial charge in [-0.15, -0.1) is 11.3 Å². The van der Waals surface area contributed by atoms with Crippen molar-refractivity contribution < 1.29 is 14.7 Å². The summed E-state index contributed by atoms with van der Waals surface area (Å²) in [6.07, 6.45) is 4.41. The summed E-state index contributed by atoms with van der Waals surface area (Å²) in [5.74, 6) is 0.264. The predicted molar refractivity (Wildman–Crippen MR) is 96.0 cm³/mol. The van der Waals surface area contributed by atoms with Crippen LogP contribution in [0.25, 0.3) is 0 Å². The molecule has 25 heavy (non-hydrogen) atoms. The molecule has 1 aromatic heterocycles. The molecule has 138 valence electrons. The Bertz CT molecular complexity index is 635. The number of aliphatic hydroxyl groups excluding tert-OH is 1. The lowest BCUT2D eigenvalue weighted by atomic mass is 9.73. The average Bonchev–Trinajstić information content (AvgIpc) is 3.02. The predicted octanol–water partition coefficient (Wildman–Crippen LogP) is 0.881. The zero-order valence-corrected chi connectivity index (χ0v) is 15.3. The van der Waals surface area contributed by atoms with Crippen LogP contribution in [0.3, 0.4) is 0 Å². The summed E-state index contributed by atoms with van der Waals surface area (Å²) < 4.78 is 0. The lowest BCUT2D eigenvalue weighted by molar-refractivity contribution is -0.143. The van der Waals surface area contributed by atoms with Crippen LogP contribution in [0.5, 0.6) is 0 Å². The summed E-state index contributed by atoms with van der Waals surface area (Å²) in [7, 11) is 0. The van der Waals surface area contributed by atoms with Gasteiger partial charge >= 0.3 is 0 Å². The van der Waals surface area contributed by atoms with Crippen LogP contribution in [0.15, 0.2) is 5.38 Å². The van der Waals surface area contributed by atoms with Crippen LogP contribution in [-0.2, 0) is 16.0 Å². The minimum atomic E-state index is -0.0127. The van der Waals surface area contributed by atoms with E-state index in [1.54, 1.807) is 4.90 Å². The normalized spacial score (nSPS) is 24.1. The Balaban J connectivity index is 1.58. The Morgan fingerprint density at radius 3 is 2.96 bits per heavy atom. The van der Waals surface area contributed by atoms with E-state index in [-0.39, 0.29) is 23.8 Å². The van der Waals surface area contributed by atoms with E-state index in [1.807, 2.05) is 10.3 Å². The van der Waals surface area contributed by atoms with E-state index in [0.29, 0.717) is 44.0 Å². The van der Waals surface area contributed by atoms with Gasteiger partial charge in [-0.25, -0.2) is 4.98 Å². The van der Waals surface area contributed by atoms with Crippen LogP contribution in [0.2, 0.25) is 0 Å². The fourth-order valence-electron chi connectivity index (χ4n) is 4.01. The molecule has 3 heterocycles. The number of nitrogens with two attached hydrogens (primary N) is 1. The van der Waals surface area contributed by atoms with Crippen molar-refractivity contribution in [2.45, 2.75) is 38.5 Å². The van der Waals surface area contributed by atoms with Gasteiger partial charge in [0.1, 0.15) is 0 Å². The van der Waals surface area contributed by atoms with Crippen molar-refractivity contribution in [1.82, 2.24) is 14.8 Å². The van der Waals surface area contributed by atoms with Gasteiger partial charge in [-0.2, -0.15) is 0 Å². The molecule has 2 aliphatic rings. The third kappa shape index (κ3) is 4.30. The number of aromatic nitrogens is 1. The molecule has 2 fully saturated rings. The molecule has 0 saturated carbocycles. The molecule has 1 unspecified atom stereocenters. The number of rotatable bonds is 5. The van der Waals surface area contributed by atoms with Crippen LogP contribution in [-0.4, -0.2) is 64.5 Å². The minimum absolute atomic E-state index is 0.0119. The summed E-state index contributed by atoms with van der Waals surface area (Å²) in [5, 5.41) is 11.6. The van der Waals surface area contributed by atoms with Crippen LogP contribution >= 0.6 is 11.3 Å². The number of nitrogens with zero attached hydrogens (tertiary/aromatic N) is 3. The van der Waals surface area contributed by atoms with E-state index in [0.717, 1.165) is 31.5 Å². The molecule has 2 saturated heterocycles. The summed E-state index contributed by atoms with van der Waals surface area (Å²) in [6, 6.07) is 0. The van der Waals surface area contributed by atoms with Crippen molar-refractivity contribution in [3.63, 3.8) is 0 Å². The molecule has 2 amide bonds. The largest absolute Gasteiger partial charge is 0.395 e. The molecular weight excluding hydrogens is 340 g/mol. The maximum absolute atomic E-state index is 12.6. The third-order valence-electron chi connectivity index (χ3n) is 5.30. The topological polar surface area (TPSA) is 99.8 Å². The number of hydrogen-bond acceptors (Lipinski definition) is 6. The second kappa shape index (κ2) is 7.70. The summed E-state index contributed by atoms with van der Waals surface area (Å²) in [4.78, 5) is 32.5. The second-order valence-electron chi connectivity index (χ2n) is 7.13. The molecular formula is C17H26N4O3S. The molecule has 8 heteroatoms. The maximum Gasteiger partial charge on any atom is 0.222 e. The number of carbonyl (C=O) groups is 2. The Hall–Kier alpha value is -1.67. The van der Waals surface area contributed by atoms with Crippen molar-refractivity contribution in [3.05, 3.63) is 11.1 Å². The number of β-amino-alcohol motifs (C(OH)–C–C–N with tert-alkyl or cyclic N) is 1. The Morgan fingerprint density at radius 1 is 1.40 bits per heavy atom. The number of aryl methyl sites for hydroxylation is 1. The molecule has 0 aliphatic carbocycles. The summed E-state index contributed by atoms with van der Waals surface area (Å²) in [5.41, 5.74) is 6.50. The number of anilines is 1. The molecule has 0 aromatic carbocycles. The lowest BCUT2D eigenvalue weighted by Gasteiger charge is -2.48. The van der Waals surface area contributed by atoms with E-state index >= 15 is 0 Å². The second-order valence-corrected chi connectivity index (χ2v) is 8.02. The van der Waals surface area contributed by atoms with Crippen LogP contribution in [0.4, 0.5) is 5.13 Å². The van der Waals surface area contributed by atoms with Gasteiger partial charge in [0.15, 0.2) is 5.13 Å². The average molecular weight is 366 g/mol. The zero-order valence-electron chi connectivity index (χ0n) is 14.4. The molecule has 1 aromatic rings. The number of carbonyl (C=O) groups excluding carboxylic acids is 2. The number of nitrogen functional groups attached to an aromatic ring is 1. The molecule has 0 radical (unpaired) electrons. The highest BCUT2D eigenvalue weighted by molar-refractivity contribution is 7.13. The van der Waals surface area contributed by atoms with Gasteiger partial charge in [0.05, 0.1) is 12.3 Å². The Morgan fingerprint density at radius 2 is 2.24 bits per heavy atom. The highest BCUT2D eigenvalue weighted by atomic mass is 32.1. The van der Waals surface area contributed by atoms with E-state index in [4.69, 9.17) is 5.73 Å². The van der Waals surface area contributed by atoms with Gasteiger partial charge in [0, 0.05) is 49.8 Å². The first-order valence-electron chi connectivity index (χ1n) is 8.88. The van der Waals surface area contributed by atoms with Gasteiger partial charge in [-0.1, -0.05) is 0 Å². The number of thiazole rings is 1. The van der Waals surface area contributed by atoms with Gasteiger partial charge in [-0.3, -0.25) is 9.59 Å². The highest BCUT2D eigenvalue weighted by Crippen LogP contribution is 2.39. The number of hydrogen-bond donors (Lipinski definition) is 2. The fourth-order valence-corrected chi connectivity index (χ4v) is 4.61. The SMILES string of the molecule is Nc1nc(CCC(=O)N2CCCC3(CCC(=O)N(CCO)C3)C2)cs1. The molecule has 2 aliphatic heterocycles. The van der Waals surface area contributed by atoms with Crippen molar-refractivity contribution >= 4 is 28.3 Å². The molecule has 3 rings (SSSR count). The number of piperidine rings is 2. The van der Waals surface area contributed by atoms with E-state index in [9.17, 15) is 14.7 Å². The summed E-state index contributed by atoms with van der Waals surface area (Å²) in [6.45, 7) is 2.52. The fraction of sp³-hybridized carbons (Fsp3) is 0.706.